The van der Waals surface area contributed by atoms with Crippen molar-refractivity contribution in [2.24, 2.45) is 5.73 Å². The molecule has 1 aliphatic heterocycles. The van der Waals surface area contributed by atoms with Gasteiger partial charge in [-0.25, -0.2) is 0 Å². The van der Waals surface area contributed by atoms with Crippen molar-refractivity contribution in [2.75, 3.05) is 18.8 Å². The van der Waals surface area contributed by atoms with Gasteiger partial charge in [-0.15, -0.1) is 12.3 Å². The molecule has 0 aromatic carbocycles. The second-order valence-corrected chi connectivity index (χ2v) is 5.11. The Balaban J connectivity index is 2.49. The maximum Gasteiger partial charge on any atom is 0.240 e. The molecule has 2 unspecified atom stereocenters. The number of carbonyl (C=O) groups is 1. The van der Waals surface area contributed by atoms with Crippen LogP contribution in [0, 0.1) is 12.3 Å². The fourth-order valence-electron chi connectivity index (χ4n) is 1.62. The summed E-state index contributed by atoms with van der Waals surface area (Å²) in [5.41, 5.74) is 5.70. The van der Waals surface area contributed by atoms with Crippen molar-refractivity contribution in [3.8, 4) is 12.3 Å². The average Bonchev–Trinajstić information content (AvgIpc) is 2.28. The van der Waals surface area contributed by atoms with Gasteiger partial charge in [0.2, 0.25) is 5.91 Å². The van der Waals surface area contributed by atoms with E-state index in [4.69, 9.17) is 12.2 Å². The number of terminal acetylenes is 1. The molecule has 0 aromatic rings. The van der Waals surface area contributed by atoms with Gasteiger partial charge in [-0.1, -0.05) is 6.92 Å². The van der Waals surface area contributed by atoms with Crippen LogP contribution in [0.5, 0.6) is 0 Å². The number of amides is 1. The summed E-state index contributed by atoms with van der Waals surface area (Å²) in [6.07, 6.45) is 6.57. The number of rotatable bonds is 3. The predicted molar refractivity (Wildman–Crippen MR) is 64.5 cm³/mol. The second-order valence-electron chi connectivity index (χ2n) is 3.70. The molecule has 0 spiro atoms. The number of carbonyl (C=O) groups excluding carboxylic acids is 1. The number of nitrogens with two attached hydrogens (primary N) is 1. The Labute approximate surface area is 95.8 Å². The molecule has 0 radical (unpaired) electrons. The summed E-state index contributed by atoms with van der Waals surface area (Å²) < 4.78 is 0. The molecule has 0 saturated carbocycles. The quantitative estimate of drug-likeness (QED) is 0.720. The van der Waals surface area contributed by atoms with Crippen molar-refractivity contribution < 1.29 is 4.79 Å². The lowest BCUT2D eigenvalue weighted by atomic mass is 10.2. The van der Waals surface area contributed by atoms with E-state index in [9.17, 15) is 4.79 Å². The number of thioether (sulfide) groups is 1. The van der Waals surface area contributed by atoms with E-state index in [1.807, 2.05) is 16.7 Å². The first kappa shape index (κ1) is 12.4. The summed E-state index contributed by atoms with van der Waals surface area (Å²) in [5, 5.41) is 0.556. The minimum Gasteiger partial charge on any atom is -0.339 e. The normalized spacial score (nSPS) is 23.3. The third kappa shape index (κ3) is 3.44. The molecule has 0 bridgehead atoms. The van der Waals surface area contributed by atoms with Crippen molar-refractivity contribution in [3.63, 3.8) is 0 Å². The molecule has 1 heterocycles. The Morgan fingerprint density at radius 2 is 2.53 bits per heavy atom. The SMILES string of the molecule is C#CCC(N)C(=O)N1CCSC(CC)C1. The molecule has 1 rings (SSSR count). The van der Waals surface area contributed by atoms with E-state index < -0.39 is 6.04 Å². The smallest absolute Gasteiger partial charge is 0.240 e. The largest absolute Gasteiger partial charge is 0.339 e. The standard InChI is InChI=1S/C11H18N2OS/c1-3-5-10(12)11(14)13-6-7-15-9(4-2)8-13/h1,9-10H,4-8,12H2,2H3. The van der Waals surface area contributed by atoms with E-state index in [0.29, 0.717) is 11.7 Å². The summed E-state index contributed by atoms with van der Waals surface area (Å²) in [4.78, 5) is 13.7. The minimum atomic E-state index is -0.518. The summed E-state index contributed by atoms with van der Waals surface area (Å²) in [7, 11) is 0. The summed E-state index contributed by atoms with van der Waals surface area (Å²) >= 11 is 1.93. The third-order valence-electron chi connectivity index (χ3n) is 2.56. The van der Waals surface area contributed by atoms with Gasteiger partial charge in [0.25, 0.3) is 0 Å². The first-order valence-electron chi connectivity index (χ1n) is 5.28. The molecule has 1 amide bonds. The maximum absolute atomic E-state index is 11.8. The molecule has 2 atom stereocenters. The monoisotopic (exact) mass is 226 g/mol. The molecule has 2 N–H and O–H groups in total. The zero-order valence-electron chi connectivity index (χ0n) is 9.11. The highest BCUT2D eigenvalue weighted by Gasteiger charge is 2.25. The van der Waals surface area contributed by atoms with Crippen molar-refractivity contribution in [1.29, 1.82) is 0 Å². The highest BCUT2D eigenvalue weighted by atomic mass is 32.2. The topological polar surface area (TPSA) is 46.3 Å². The fraction of sp³-hybridized carbons (Fsp3) is 0.727. The van der Waals surface area contributed by atoms with Crippen LogP contribution in [0.2, 0.25) is 0 Å². The Hall–Kier alpha value is -0.660. The summed E-state index contributed by atoms with van der Waals surface area (Å²) in [6, 6.07) is -0.518. The first-order valence-corrected chi connectivity index (χ1v) is 6.33. The average molecular weight is 226 g/mol. The highest BCUT2D eigenvalue weighted by Crippen LogP contribution is 2.21. The summed E-state index contributed by atoms with van der Waals surface area (Å²) in [6.45, 7) is 3.77. The molecule has 1 fully saturated rings. The molecule has 4 heteroatoms. The molecule has 84 valence electrons. The molecule has 3 nitrogen and oxygen atoms in total. The molecule has 1 aliphatic rings. The minimum absolute atomic E-state index is 0.00620. The number of nitrogens with zero attached hydrogens (tertiary/aromatic N) is 1. The van der Waals surface area contributed by atoms with Gasteiger partial charge in [0, 0.05) is 30.5 Å². The van der Waals surface area contributed by atoms with Crippen LogP contribution in [0.15, 0.2) is 0 Å². The van der Waals surface area contributed by atoms with Crippen LogP contribution in [-0.4, -0.2) is 40.9 Å². The van der Waals surface area contributed by atoms with Crippen LogP contribution >= 0.6 is 11.8 Å². The van der Waals surface area contributed by atoms with Gasteiger partial charge in [0.1, 0.15) is 0 Å². The molecular formula is C11H18N2OS. The van der Waals surface area contributed by atoms with Crippen LogP contribution in [0.4, 0.5) is 0 Å². The number of hydrogen-bond donors (Lipinski definition) is 1. The van der Waals surface area contributed by atoms with E-state index in [0.717, 1.165) is 25.3 Å². The Kier molecular flexibility index (Phi) is 5.00. The van der Waals surface area contributed by atoms with Gasteiger partial charge in [-0.05, 0) is 6.42 Å². The lowest BCUT2D eigenvalue weighted by Gasteiger charge is -2.33. The van der Waals surface area contributed by atoms with Crippen molar-refractivity contribution in [1.82, 2.24) is 4.90 Å². The molecule has 0 aliphatic carbocycles. The van der Waals surface area contributed by atoms with Gasteiger partial charge >= 0.3 is 0 Å². The maximum atomic E-state index is 11.8. The van der Waals surface area contributed by atoms with Gasteiger partial charge in [0.15, 0.2) is 0 Å². The predicted octanol–water partition coefficient (Wildman–Crippen LogP) is 0.691. The van der Waals surface area contributed by atoms with Gasteiger partial charge in [-0.2, -0.15) is 11.8 Å². The molecule has 1 saturated heterocycles. The summed E-state index contributed by atoms with van der Waals surface area (Å²) in [5.74, 6) is 3.45. The van der Waals surface area contributed by atoms with E-state index in [-0.39, 0.29) is 5.91 Å². The van der Waals surface area contributed by atoms with Crippen molar-refractivity contribution >= 4 is 17.7 Å². The zero-order chi connectivity index (χ0) is 11.3. The Morgan fingerprint density at radius 3 is 3.13 bits per heavy atom. The van der Waals surface area contributed by atoms with Crippen molar-refractivity contribution in [2.45, 2.75) is 31.1 Å². The first-order chi connectivity index (χ1) is 7.19. The van der Waals surface area contributed by atoms with Crippen LogP contribution in [0.25, 0.3) is 0 Å². The molecule has 0 aromatic heterocycles. The second kappa shape index (κ2) is 6.04. The third-order valence-corrected chi connectivity index (χ3v) is 3.93. The van der Waals surface area contributed by atoms with E-state index >= 15 is 0 Å². The van der Waals surface area contributed by atoms with Gasteiger partial charge in [0.05, 0.1) is 6.04 Å². The lowest BCUT2D eigenvalue weighted by molar-refractivity contribution is -0.132. The van der Waals surface area contributed by atoms with E-state index in [1.165, 1.54) is 0 Å². The Bertz CT molecular complexity index is 262. The molecule has 15 heavy (non-hydrogen) atoms. The highest BCUT2D eigenvalue weighted by molar-refractivity contribution is 8.00. The molecular weight excluding hydrogens is 208 g/mol. The van der Waals surface area contributed by atoms with Gasteiger partial charge < -0.3 is 10.6 Å². The zero-order valence-corrected chi connectivity index (χ0v) is 9.93. The van der Waals surface area contributed by atoms with Crippen molar-refractivity contribution in [3.05, 3.63) is 0 Å². The van der Waals surface area contributed by atoms with Gasteiger partial charge in [-0.3, -0.25) is 4.79 Å². The van der Waals surface area contributed by atoms with Crippen LogP contribution in [-0.2, 0) is 4.79 Å². The number of hydrogen-bond acceptors (Lipinski definition) is 3. The van der Waals surface area contributed by atoms with Crippen LogP contribution in [0.3, 0.4) is 0 Å². The van der Waals surface area contributed by atoms with Crippen LogP contribution in [0.1, 0.15) is 19.8 Å². The van der Waals surface area contributed by atoms with E-state index in [2.05, 4.69) is 12.8 Å². The lowest BCUT2D eigenvalue weighted by Crippen LogP contribution is -2.49. The van der Waals surface area contributed by atoms with Crippen LogP contribution < -0.4 is 5.73 Å². The fourth-order valence-corrected chi connectivity index (χ4v) is 2.80. The Morgan fingerprint density at radius 1 is 1.80 bits per heavy atom. The van der Waals surface area contributed by atoms with E-state index in [1.54, 1.807) is 0 Å².